The molecule has 0 unspecified atom stereocenters. The lowest BCUT2D eigenvalue weighted by molar-refractivity contribution is 0.0939. The SMILES string of the molecule is O=C(NC[C@H]1CC[C@@H]2CCC[C@@H]21)c1cn2ccccc2n1. The summed E-state index contributed by atoms with van der Waals surface area (Å²) in [4.78, 5) is 16.7. The molecule has 1 N–H and O–H groups in total. The quantitative estimate of drug-likeness (QED) is 0.941. The molecule has 2 fully saturated rings. The van der Waals surface area contributed by atoms with Gasteiger partial charge in [-0.3, -0.25) is 4.79 Å². The highest BCUT2D eigenvalue weighted by molar-refractivity contribution is 5.92. The Bertz CT molecular complexity index is 630. The second-order valence-corrected chi connectivity index (χ2v) is 6.49. The maximum Gasteiger partial charge on any atom is 0.271 e. The van der Waals surface area contributed by atoms with Crippen LogP contribution in [0, 0.1) is 17.8 Å². The molecule has 0 aliphatic heterocycles. The van der Waals surface area contributed by atoms with Crippen LogP contribution in [-0.2, 0) is 0 Å². The Morgan fingerprint density at radius 1 is 1.29 bits per heavy atom. The minimum absolute atomic E-state index is 0.0415. The highest BCUT2D eigenvalue weighted by Gasteiger charge is 2.38. The maximum absolute atomic E-state index is 12.3. The molecule has 2 saturated carbocycles. The Balaban J connectivity index is 1.41. The van der Waals surface area contributed by atoms with Gasteiger partial charge in [0.05, 0.1) is 0 Å². The lowest BCUT2D eigenvalue weighted by Gasteiger charge is -2.18. The van der Waals surface area contributed by atoms with E-state index in [9.17, 15) is 4.79 Å². The van der Waals surface area contributed by atoms with E-state index in [2.05, 4.69) is 10.3 Å². The first-order valence-corrected chi connectivity index (χ1v) is 8.03. The molecule has 2 aliphatic rings. The van der Waals surface area contributed by atoms with Crippen LogP contribution in [-0.4, -0.2) is 21.8 Å². The number of carbonyl (C=O) groups is 1. The summed E-state index contributed by atoms with van der Waals surface area (Å²) in [5, 5.41) is 3.10. The first-order valence-electron chi connectivity index (χ1n) is 8.03. The van der Waals surface area contributed by atoms with E-state index in [4.69, 9.17) is 0 Å². The van der Waals surface area contributed by atoms with Gasteiger partial charge in [0.25, 0.3) is 5.91 Å². The second kappa shape index (κ2) is 5.17. The summed E-state index contributed by atoms with van der Waals surface area (Å²) in [5.74, 6) is 2.42. The van der Waals surface area contributed by atoms with Gasteiger partial charge >= 0.3 is 0 Å². The number of amides is 1. The van der Waals surface area contributed by atoms with Gasteiger partial charge in [-0.25, -0.2) is 4.98 Å². The highest BCUT2D eigenvalue weighted by atomic mass is 16.1. The lowest BCUT2D eigenvalue weighted by Crippen LogP contribution is -2.31. The van der Waals surface area contributed by atoms with Gasteiger partial charge in [-0.2, -0.15) is 0 Å². The van der Waals surface area contributed by atoms with Crippen LogP contribution in [0.2, 0.25) is 0 Å². The smallest absolute Gasteiger partial charge is 0.271 e. The summed E-state index contributed by atoms with van der Waals surface area (Å²) < 4.78 is 1.89. The third kappa shape index (κ3) is 2.33. The number of hydrogen-bond acceptors (Lipinski definition) is 2. The molecule has 2 aliphatic carbocycles. The van der Waals surface area contributed by atoms with Crippen molar-refractivity contribution in [3.05, 3.63) is 36.3 Å². The van der Waals surface area contributed by atoms with E-state index in [1.165, 1.54) is 32.1 Å². The topological polar surface area (TPSA) is 46.4 Å². The fraction of sp³-hybridized carbons (Fsp3) is 0.529. The van der Waals surface area contributed by atoms with Crippen molar-refractivity contribution < 1.29 is 4.79 Å². The monoisotopic (exact) mass is 283 g/mol. The molecule has 4 nitrogen and oxygen atoms in total. The number of nitrogens with one attached hydrogen (secondary N) is 1. The van der Waals surface area contributed by atoms with Gasteiger partial charge < -0.3 is 9.72 Å². The zero-order chi connectivity index (χ0) is 14.2. The van der Waals surface area contributed by atoms with Gasteiger partial charge in [0, 0.05) is 18.9 Å². The largest absolute Gasteiger partial charge is 0.350 e. The Morgan fingerprint density at radius 2 is 2.24 bits per heavy atom. The average Bonchev–Trinajstić information content (AvgIpc) is 3.19. The number of rotatable bonds is 3. The first-order chi connectivity index (χ1) is 10.3. The van der Waals surface area contributed by atoms with Crippen LogP contribution in [0.15, 0.2) is 30.6 Å². The standard InChI is InChI=1S/C17H21N3O/c21-17(15-11-20-9-2-1-6-16(20)19-15)18-10-13-8-7-12-4-3-5-14(12)13/h1-2,6,9,11-14H,3-5,7-8,10H2,(H,18,21)/t12-,13+,14-/m0/s1. The molecule has 2 heterocycles. The molecule has 0 bridgehead atoms. The van der Waals surface area contributed by atoms with Crippen LogP contribution in [0.1, 0.15) is 42.6 Å². The fourth-order valence-electron chi connectivity index (χ4n) is 4.30. The van der Waals surface area contributed by atoms with Gasteiger partial charge in [0.15, 0.2) is 0 Å². The minimum Gasteiger partial charge on any atom is -0.350 e. The van der Waals surface area contributed by atoms with Crippen LogP contribution in [0.4, 0.5) is 0 Å². The van der Waals surface area contributed by atoms with E-state index in [0.717, 1.165) is 24.0 Å². The van der Waals surface area contributed by atoms with Gasteiger partial charge in [0.1, 0.15) is 11.3 Å². The van der Waals surface area contributed by atoms with E-state index >= 15 is 0 Å². The van der Waals surface area contributed by atoms with Crippen molar-refractivity contribution >= 4 is 11.6 Å². The van der Waals surface area contributed by atoms with Crippen molar-refractivity contribution in [2.24, 2.45) is 17.8 Å². The first kappa shape index (κ1) is 12.9. The lowest BCUT2D eigenvalue weighted by atomic mass is 9.92. The van der Waals surface area contributed by atoms with Crippen LogP contribution in [0.5, 0.6) is 0 Å². The van der Waals surface area contributed by atoms with Crippen molar-refractivity contribution in [1.29, 1.82) is 0 Å². The second-order valence-electron chi connectivity index (χ2n) is 6.49. The van der Waals surface area contributed by atoms with Crippen LogP contribution < -0.4 is 5.32 Å². The van der Waals surface area contributed by atoms with Gasteiger partial charge in [-0.1, -0.05) is 18.9 Å². The molecule has 1 amide bonds. The third-order valence-corrected chi connectivity index (χ3v) is 5.35. The number of imidazole rings is 1. The molecular weight excluding hydrogens is 262 g/mol. The third-order valence-electron chi connectivity index (χ3n) is 5.35. The van der Waals surface area contributed by atoms with Crippen molar-refractivity contribution in [3.63, 3.8) is 0 Å². The Morgan fingerprint density at radius 3 is 3.14 bits per heavy atom. The Kier molecular flexibility index (Phi) is 3.17. The van der Waals surface area contributed by atoms with Crippen molar-refractivity contribution in [2.75, 3.05) is 6.54 Å². The predicted octanol–water partition coefficient (Wildman–Crippen LogP) is 2.89. The summed E-state index contributed by atoms with van der Waals surface area (Å²) in [7, 11) is 0. The van der Waals surface area contributed by atoms with E-state index < -0.39 is 0 Å². The predicted molar refractivity (Wildman–Crippen MR) is 81.1 cm³/mol. The van der Waals surface area contributed by atoms with E-state index in [0.29, 0.717) is 11.6 Å². The maximum atomic E-state index is 12.3. The molecule has 0 saturated heterocycles. The van der Waals surface area contributed by atoms with Gasteiger partial charge in [-0.05, 0) is 49.1 Å². The fourth-order valence-corrected chi connectivity index (χ4v) is 4.30. The minimum atomic E-state index is -0.0415. The van der Waals surface area contributed by atoms with Crippen molar-refractivity contribution in [3.8, 4) is 0 Å². The van der Waals surface area contributed by atoms with Crippen LogP contribution in [0.25, 0.3) is 5.65 Å². The Labute approximate surface area is 124 Å². The number of pyridine rings is 1. The molecule has 0 aromatic carbocycles. The average molecular weight is 283 g/mol. The molecule has 3 atom stereocenters. The molecule has 21 heavy (non-hydrogen) atoms. The van der Waals surface area contributed by atoms with Gasteiger partial charge in [0.2, 0.25) is 0 Å². The number of aromatic nitrogens is 2. The van der Waals surface area contributed by atoms with Crippen LogP contribution in [0.3, 0.4) is 0 Å². The molecule has 4 rings (SSSR count). The van der Waals surface area contributed by atoms with Gasteiger partial charge in [-0.15, -0.1) is 0 Å². The summed E-state index contributed by atoms with van der Waals surface area (Å²) in [6.45, 7) is 0.813. The summed E-state index contributed by atoms with van der Waals surface area (Å²) in [6.07, 6.45) is 10.5. The van der Waals surface area contributed by atoms with Crippen molar-refractivity contribution in [1.82, 2.24) is 14.7 Å². The molecule has 0 radical (unpaired) electrons. The normalized spacial score (nSPS) is 27.9. The van der Waals surface area contributed by atoms with Crippen LogP contribution >= 0.6 is 0 Å². The number of nitrogens with zero attached hydrogens (tertiary/aromatic N) is 2. The summed E-state index contributed by atoms with van der Waals surface area (Å²) >= 11 is 0. The molecule has 4 heteroatoms. The Hall–Kier alpha value is -1.84. The summed E-state index contributed by atoms with van der Waals surface area (Å²) in [6, 6.07) is 5.79. The number of carbonyl (C=O) groups excluding carboxylic acids is 1. The van der Waals surface area contributed by atoms with Crippen molar-refractivity contribution in [2.45, 2.75) is 32.1 Å². The van der Waals surface area contributed by atoms with E-state index in [1.807, 2.05) is 28.8 Å². The molecule has 2 aromatic heterocycles. The summed E-state index contributed by atoms with van der Waals surface area (Å²) in [5.41, 5.74) is 1.33. The van der Waals surface area contributed by atoms with E-state index in [-0.39, 0.29) is 5.91 Å². The zero-order valence-corrected chi connectivity index (χ0v) is 12.2. The molecule has 110 valence electrons. The molecular formula is C17H21N3O. The highest BCUT2D eigenvalue weighted by Crippen LogP contribution is 2.47. The number of fused-ring (bicyclic) bond motifs is 2. The molecule has 0 spiro atoms. The van der Waals surface area contributed by atoms with E-state index in [1.54, 1.807) is 6.20 Å². The zero-order valence-electron chi connectivity index (χ0n) is 12.2. The molecule has 2 aromatic rings. The number of hydrogen-bond donors (Lipinski definition) is 1.